The van der Waals surface area contributed by atoms with E-state index in [0.29, 0.717) is 11.1 Å². The second kappa shape index (κ2) is 4.81. The molecule has 0 aliphatic carbocycles. The predicted molar refractivity (Wildman–Crippen MR) is 75.8 cm³/mol. The fourth-order valence-corrected chi connectivity index (χ4v) is 8.41. The van der Waals surface area contributed by atoms with Crippen molar-refractivity contribution in [3.8, 4) is 0 Å². The molecule has 0 N–H and O–H groups in total. The molecule has 1 aliphatic heterocycles. The van der Waals surface area contributed by atoms with E-state index < -0.39 is 8.32 Å². The van der Waals surface area contributed by atoms with E-state index in [1.807, 2.05) is 20.8 Å². The molecule has 0 unspecified atom stereocenters. The molecule has 1 heterocycles. The van der Waals surface area contributed by atoms with Crippen molar-refractivity contribution in [3.63, 3.8) is 0 Å². The summed E-state index contributed by atoms with van der Waals surface area (Å²) < 4.78 is 11.5. The minimum absolute atomic E-state index is 0.202. The Kier molecular flexibility index (Phi) is 4.13. The second-order valence-electron chi connectivity index (χ2n) is 6.21. The van der Waals surface area contributed by atoms with Crippen molar-refractivity contribution < 1.29 is 14.0 Å². The Hall–Kier alpha value is -0.613. The van der Waals surface area contributed by atoms with Gasteiger partial charge in [0.25, 0.3) is 0 Å². The Morgan fingerprint density at radius 2 is 1.67 bits per heavy atom. The summed E-state index contributed by atoms with van der Waals surface area (Å²) in [6, 6.07) is 0. The van der Waals surface area contributed by atoms with Gasteiger partial charge < -0.3 is 9.16 Å². The van der Waals surface area contributed by atoms with Crippen LogP contribution in [0.4, 0.5) is 0 Å². The minimum Gasteiger partial charge on any atom is -0.466 e. The maximum absolute atomic E-state index is 12.2. The van der Waals surface area contributed by atoms with Gasteiger partial charge in [0, 0.05) is 0 Å². The molecule has 4 heteroatoms. The first-order valence-corrected chi connectivity index (χ1v) is 8.67. The van der Waals surface area contributed by atoms with Crippen LogP contribution < -0.4 is 0 Å². The SMILES string of the molecule is COC(=O)C1=C(C)C(C)(C)O[Si]1(C(C)C)C(C)C. The van der Waals surface area contributed by atoms with Crippen LogP contribution in [-0.4, -0.2) is 27.0 Å². The molecule has 0 bridgehead atoms. The Bertz CT molecular complexity index is 373. The smallest absolute Gasteiger partial charge is 0.332 e. The van der Waals surface area contributed by atoms with Gasteiger partial charge in [-0.25, -0.2) is 4.79 Å². The molecule has 1 aliphatic rings. The van der Waals surface area contributed by atoms with Crippen molar-refractivity contribution in [1.29, 1.82) is 0 Å². The molecule has 1 rings (SSSR count). The van der Waals surface area contributed by atoms with Gasteiger partial charge in [0.15, 0.2) is 0 Å². The molecule has 104 valence electrons. The summed E-state index contributed by atoms with van der Waals surface area (Å²) in [5.74, 6) is -0.202. The van der Waals surface area contributed by atoms with Gasteiger partial charge >= 0.3 is 5.97 Å². The molecule has 0 aromatic carbocycles. The standard InChI is InChI=1S/C14H26O3Si/c1-9(2)18(10(3)4)12(13(15)16-8)11(5)14(6,7)17-18/h9-10H,1-8H3. The van der Waals surface area contributed by atoms with Gasteiger partial charge in [0.2, 0.25) is 8.32 Å². The number of hydrogen-bond acceptors (Lipinski definition) is 3. The Morgan fingerprint density at radius 3 is 2.00 bits per heavy atom. The monoisotopic (exact) mass is 270 g/mol. The first kappa shape index (κ1) is 15.4. The van der Waals surface area contributed by atoms with Crippen LogP contribution in [0.25, 0.3) is 0 Å². The van der Waals surface area contributed by atoms with Crippen LogP contribution in [0.15, 0.2) is 10.8 Å². The third-order valence-corrected chi connectivity index (χ3v) is 9.84. The van der Waals surface area contributed by atoms with Crippen molar-refractivity contribution >= 4 is 14.3 Å². The molecule has 0 aromatic rings. The molecular weight excluding hydrogens is 244 g/mol. The lowest BCUT2D eigenvalue weighted by atomic mass is 10.00. The lowest BCUT2D eigenvalue weighted by Gasteiger charge is -2.38. The van der Waals surface area contributed by atoms with Crippen molar-refractivity contribution in [3.05, 3.63) is 10.8 Å². The van der Waals surface area contributed by atoms with E-state index in [-0.39, 0.29) is 11.6 Å². The van der Waals surface area contributed by atoms with E-state index in [0.717, 1.165) is 10.8 Å². The number of hydrogen-bond donors (Lipinski definition) is 0. The zero-order chi connectivity index (χ0) is 14.3. The molecule has 0 fully saturated rings. The largest absolute Gasteiger partial charge is 0.466 e. The Labute approximate surface area is 112 Å². The maximum atomic E-state index is 12.2. The number of ether oxygens (including phenoxy) is 1. The molecule has 0 aromatic heterocycles. The van der Waals surface area contributed by atoms with Crippen LogP contribution >= 0.6 is 0 Å². The number of methoxy groups -OCH3 is 1. The van der Waals surface area contributed by atoms with Crippen molar-refractivity contribution in [2.75, 3.05) is 7.11 Å². The van der Waals surface area contributed by atoms with Crippen LogP contribution in [-0.2, 0) is 14.0 Å². The van der Waals surface area contributed by atoms with E-state index in [9.17, 15) is 4.79 Å². The summed E-state index contributed by atoms with van der Waals surface area (Å²) in [5, 5.41) is 0.847. The zero-order valence-corrected chi connectivity index (χ0v) is 13.9. The second-order valence-corrected chi connectivity index (χ2v) is 10.8. The van der Waals surface area contributed by atoms with Gasteiger partial charge in [-0.2, -0.15) is 0 Å². The molecule has 0 atom stereocenters. The molecule has 18 heavy (non-hydrogen) atoms. The highest BCUT2D eigenvalue weighted by molar-refractivity contribution is 6.88. The highest BCUT2D eigenvalue weighted by Gasteiger charge is 2.58. The van der Waals surface area contributed by atoms with E-state index >= 15 is 0 Å². The van der Waals surface area contributed by atoms with E-state index in [1.54, 1.807) is 0 Å². The molecule has 0 spiro atoms. The van der Waals surface area contributed by atoms with Crippen molar-refractivity contribution in [2.24, 2.45) is 0 Å². The summed E-state index contributed by atoms with van der Waals surface area (Å²) in [6.07, 6.45) is 0. The predicted octanol–water partition coefficient (Wildman–Crippen LogP) is 3.59. The third kappa shape index (κ3) is 2.05. The lowest BCUT2D eigenvalue weighted by molar-refractivity contribution is -0.135. The van der Waals surface area contributed by atoms with Crippen LogP contribution in [0.3, 0.4) is 0 Å². The molecule has 0 radical (unpaired) electrons. The van der Waals surface area contributed by atoms with Crippen LogP contribution in [0.5, 0.6) is 0 Å². The minimum atomic E-state index is -2.29. The first-order valence-electron chi connectivity index (χ1n) is 6.61. The van der Waals surface area contributed by atoms with Gasteiger partial charge in [-0.3, -0.25) is 0 Å². The molecule has 0 saturated carbocycles. The number of carbonyl (C=O) groups is 1. The van der Waals surface area contributed by atoms with Crippen molar-refractivity contribution in [2.45, 2.75) is 65.1 Å². The number of carbonyl (C=O) groups excluding carboxylic acids is 1. The third-order valence-electron chi connectivity index (χ3n) is 4.20. The topological polar surface area (TPSA) is 35.5 Å². The summed E-state index contributed by atoms with van der Waals surface area (Å²) in [6.45, 7) is 14.7. The average molecular weight is 270 g/mol. The zero-order valence-electron chi connectivity index (χ0n) is 12.9. The molecule has 0 amide bonds. The first-order chi connectivity index (χ1) is 8.11. The Morgan fingerprint density at radius 1 is 1.22 bits per heavy atom. The van der Waals surface area contributed by atoms with Gasteiger partial charge in [-0.15, -0.1) is 0 Å². The summed E-state index contributed by atoms with van der Waals surface area (Å²) >= 11 is 0. The average Bonchev–Trinajstić information content (AvgIpc) is 2.47. The Balaban J connectivity index is 3.50. The molecule has 3 nitrogen and oxygen atoms in total. The highest BCUT2D eigenvalue weighted by atomic mass is 28.4. The number of rotatable bonds is 3. The molecular formula is C14H26O3Si. The summed E-state index contributed by atoms with van der Waals surface area (Å²) in [7, 11) is -0.842. The quantitative estimate of drug-likeness (QED) is 0.581. The van der Waals surface area contributed by atoms with E-state index in [1.165, 1.54) is 7.11 Å². The lowest BCUT2D eigenvalue weighted by Crippen LogP contribution is -2.49. The normalized spacial score (nSPS) is 21.9. The fourth-order valence-electron chi connectivity index (χ4n) is 3.04. The van der Waals surface area contributed by atoms with E-state index in [4.69, 9.17) is 9.16 Å². The van der Waals surface area contributed by atoms with Gasteiger partial charge in [0.05, 0.1) is 17.9 Å². The van der Waals surface area contributed by atoms with Crippen molar-refractivity contribution in [1.82, 2.24) is 0 Å². The fraction of sp³-hybridized carbons (Fsp3) is 0.786. The van der Waals surface area contributed by atoms with E-state index in [2.05, 4.69) is 27.7 Å². The van der Waals surface area contributed by atoms with Crippen LogP contribution in [0.1, 0.15) is 48.5 Å². The van der Waals surface area contributed by atoms with Gasteiger partial charge in [0.1, 0.15) is 0 Å². The number of esters is 1. The summed E-state index contributed by atoms with van der Waals surface area (Å²) in [4.78, 5) is 12.2. The maximum Gasteiger partial charge on any atom is 0.332 e. The van der Waals surface area contributed by atoms with Crippen LogP contribution in [0.2, 0.25) is 11.1 Å². The summed E-state index contributed by atoms with van der Waals surface area (Å²) in [5.41, 5.74) is 1.39. The van der Waals surface area contributed by atoms with Crippen LogP contribution in [0, 0.1) is 0 Å². The van der Waals surface area contributed by atoms with Gasteiger partial charge in [-0.1, -0.05) is 27.7 Å². The highest BCUT2D eigenvalue weighted by Crippen LogP contribution is 2.50. The van der Waals surface area contributed by atoms with Gasteiger partial charge in [-0.05, 0) is 37.4 Å². The molecule has 0 saturated heterocycles.